The van der Waals surface area contributed by atoms with E-state index in [-0.39, 0.29) is 11.8 Å². The molecule has 4 rings (SSSR count). The summed E-state index contributed by atoms with van der Waals surface area (Å²) in [5.41, 5.74) is 4.55. The van der Waals surface area contributed by atoms with Crippen molar-refractivity contribution in [2.45, 2.75) is 32.4 Å². The lowest BCUT2D eigenvalue weighted by Crippen LogP contribution is -2.43. The first-order valence-electron chi connectivity index (χ1n) is 8.84. The number of nitrogens with zero attached hydrogens (tertiary/aromatic N) is 3. The monoisotopic (exact) mass is 458 g/mol. The van der Waals surface area contributed by atoms with E-state index in [2.05, 4.69) is 26.5 Å². The summed E-state index contributed by atoms with van der Waals surface area (Å²) in [6.45, 7) is 4.44. The number of hydrogen-bond donors (Lipinski definition) is 1. The van der Waals surface area contributed by atoms with E-state index < -0.39 is 5.54 Å². The molecule has 3 heterocycles. The van der Waals surface area contributed by atoms with Gasteiger partial charge in [-0.25, -0.2) is 5.43 Å². The van der Waals surface area contributed by atoms with E-state index >= 15 is 0 Å². The summed E-state index contributed by atoms with van der Waals surface area (Å²) in [4.78, 5) is 30.0. The zero-order chi connectivity index (χ0) is 19.9. The van der Waals surface area contributed by atoms with Crippen molar-refractivity contribution in [3.05, 3.63) is 74.1 Å². The number of carbonyl (C=O) groups is 2. The molecule has 0 atom stereocenters. The van der Waals surface area contributed by atoms with Gasteiger partial charge in [0.1, 0.15) is 0 Å². The van der Waals surface area contributed by atoms with Gasteiger partial charge < -0.3 is 4.90 Å². The second-order valence-electron chi connectivity index (χ2n) is 7.15. The van der Waals surface area contributed by atoms with E-state index in [1.54, 1.807) is 23.6 Å². The first-order chi connectivity index (χ1) is 13.4. The van der Waals surface area contributed by atoms with E-state index in [1.807, 2.05) is 54.5 Å². The van der Waals surface area contributed by atoms with Gasteiger partial charge in [-0.2, -0.15) is 9.89 Å². The lowest BCUT2D eigenvalue weighted by Gasteiger charge is -2.33. The van der Waals surface area contributed by atoms with Crippen molar-refractivity contribution < 1.29 is 9.59 Å². The Morgan fingerprint density at radius 3 is 2.75 bits per heavy atom. The van der Waals surface area contributed by atoms with Crippen LogP contribution in [-0.4, -0.2) is 26.6 Å². The normalized spacial score (nSPS) is 14.8. The highest BCUT2D eigenvalue weighted by molar-refractivity contribution is 9.10. The molecule has 0 fully saturated rings. The van der Waals surface area contributed by atoms with Crippen molar-refractivity contribution in [3.63, 3.8) is 0 Å². The van der Waals surface area contributed by atoms with Crippen LogP contribution in [0, 0.1) is 0 Å². The van der Waals surface area contributed by atoms with E-state index in [1.165, 1.54) is 4.79 Å². The van der Waals surface area contributed by atoms with Gasteiger partial charge in [-0.15, -0.1) is 11.3 Å². The number of hydrogen-bond acceptors (Lipinski definition) is 4. The maximum Gasteiger partial charge on any atom is 0.272 e. The van der Waals surface area contributed by atoms with Crippen LogP contribution in [0.2, 0.25) is 0 Å². The van der Waals surface area contributed by atoms with E-state index in [0.717, 1.165) is 16.1 Å². The van der Waals surface area contributed by atoms with Crippen molar-refractivity contribution in [1.82, 2.24) is 14.8 Å². The summed E-state index contributed by atoms with van der Waals surface area (Å²) in [5.74, 6) is -0.204. The smallest absolute Gasteiger partial charge is 0.272 e. The lowest BCUT2D eigenvalue weighted by atomic mass is 10.0. The number of nitrogens with one attached hydrogen (secondary N) is 1. The molecule has 28 heavy (non-hydrogen) atoms. The number of benzene rings is 1. The molecule has 0 unspecified atom stereocenters. The second kappa shape index (κ2) is 7.18. The molecule has 0 bridgehead atoms. The molecule has 1 aliphatic rings. The van der Waals surface area contributed by atoms with E-state index in [4.69, 9.17) is 0 Å². The maximum atomic E-state index is 12.9. The van der Waals surface area contributed by atoms with Crippen LogP contribution in [0.25, 0.3) is 0 Å². The van der Waals surface area contributed by atoms with Gasteiger partial charge in [0.05, 0.1) is 36.0 Å². The molecule has 0 saturated heterocycles. The minimum Gasteiger partial charge on any atom is -0.327 e. The molecule has 2 aromatic heterocycles. The molecule has 0 spiro atoms. The topological polar surface area (TPSA) is 67.2 Å². The largest absolute Gasteiger partial charge is 0.327 e. The SMILES string of the molecule is CC1(C)c2c(cnn2NC(=O)c2ccccc2Br)CN1C(=O)Cc1cccs1. The number of fused-ring (bicyclic) bond motifs is 1. The third-order valence-electron chi connectivity index (χ3n) is 4.96. The molecule has 1 N–H and O–H groups in total. The van der Waals surface area contributed by atoms with Gasteiger partial charge in [0.25, 0.3) is 5.91 Å². The van der Waals surface area contributed by atoms with Crippen LogP contribution >= 0.6 is 27.3 Å². The average Bonchev–Trinajstić information content (AvgIpc) is 3.34. The van der Waals surface area contributed by atoms with Crippen LogP contribution in [0.5, 0.6) is 0 Å². The minimum atomic E-state index is -0.582. The standard InChI is InChI=1S/C20H19BrN4O2S/c1-20(2)18-13(12-24(20)17(26)10-14-6-5-9-28-14)11-22-25(18)23-19(27)15-7-3-4-8-16(15)21/h3-9,11H,10,12H2,1-2H3,(H,23,27). The number of amides is 2. The molecule has 0 radical (unpaired) electrons. The summed E-state index contributed by atoms with van der Waals surface area (Å²) >= 11 is 4.98. The molecule has 1 aromatic carbocycles. The first-order valence-corrected chi connectivity index (χ1v) is 10.5. The summed E-state index contributed by atoms with van der Waals surface area (Å²) in [7, 11) is 0. The Labute approximate surface area is 175 Å². The number of thiophene rings is 1. The lowest BCUT2D eigenvalue weighted by molar-refractivity contribution is -0.135. The minimum absolute atomic E-state index is 0.0623. The molecule has 2 amide bonds. The summed E-state index contributed by atoms with van der Waals surface area (Å²) < 4.78 is 0.711. The highest BCUT2D eigenvalue weighted by Crippen LogP contribution is 2.39. The van der Waals surface area contributed by atoms with Crippen molar-refractivity contribution in [2.75, 3.05) is 5.43 Å². The van der Waals surface area contributed by atoms with Crippen LogP contribution in [0.15, 0.2) is 52.4 Å². The van der Waals surface area contributed by atoms with Crippen molar-refractivity contribution >= 4 is 39.1 Å². The third kappa shape index (κ3) is 3.27. The first kappa shape index (κ1) is 18.9. The van der Waals surface area contributed by atoms with Crippen molar-refractivity contribution in [1.29, 1.82) is 0 Å². The zero-order valence-corrected chi connectivity index (χ0v) is 17.9. The second-order valence-corrected chi connectivity index (χ2v) is 9.03. The Kier molecular flexibility index (Phi) is 4.84. The molecule has 6 nitrogen and oxygen atoms in total. The van der Waals surface area contributed by atoms with Crippen LogP contribution < -0.4 is 5.43 Å². The Hall–Kier alpha value is -2.45. The predicted octanol–water partition coefficient (Wildman–Crippen LogP) is 3.91. The summed E-state index contributed by atoms with van der Waals surface area (Å²) in [6.07, 6.45) is 2.10. The fourth-order valence-electron chi connectivity index (χ4n) is 3.59. The summed E-state index contributed by atoms with van der Waals surface area (Å²) in [5, 5.41) is 6.31. The Morgan fingerprint density at radius 2 is 2.04 bits per heavy atom. The van der Waals surface area contributed by atoms with Gasteiger partial charge in [0.15, 0.2) is 0 Å². The summed E-state index contributed by atoms with van der Waals surface area (Å²) in [6, 6.07) is 11.1. The number of carbonyl (C=O) groups excluding carboxylic acids is 2. The molecular weight excluding hydrogens is 440 g/mol. The molecule has 1 aliphatic heterocycles. The molecular formula is C20H19BrN4O2S. The zero-order valence-electron chi connectivity index (χ0n) is 15.5. The molecule has 144 valence electrons. The van der Waals surface area contributed by atoms with Gasteiger partial charge in [0.2, 0.25) is 5.91 Å². The van der Waals surface area contributed by atoms with Gasteiger partial charge in [0, 0.05) is 14.9 Å². The van der Waals surface area contributed by atoms with Crippen LogP contribution in [0.4, 0.5) is 0 Å². The van der Waals surface area contributed by atoms with Crippen LogP contribution in [0.1, 0.15) is 40.3 Å². The Balaban J connectivity index is 1.57. The highest BCUT2D eigenvalue weighted by atomic mass is 79.9. The van der Waals surface area contributed by atoms with Crippen molar-refractivity contribution in [2.24, 2.45) is 0 Å². The fourth-order valence-corrected chi connectivity index (χ4v) is 4.75. The highest BCUT2D eigenvalue weighted by Gasteiger charge is 2.43. The van der Waals surface area contributed by atoms with E-state index in [9.17, 15) is 9.59 Å². The average molecular weight is 459 g/mol. The third-order valence-corrected chi connectivity index (χ3v) is 6.53. The van der Waals surface area contributed by atoms with E-state index in [0.29, 0.717) is 23.0 Å². The van der Waals surface area contributed by atoms with Gasteiger partial charge in [-0.05, 0) is 53.4 Å². The number of halogens is 1. The molecule has 3 aromatic rings. The predicted molar refractivity (Wildman–Crippen MR) is 112 cm³/mol. The van der Waals surface area contributed by atoms with Crippen molar-refractivity contribution in [3.8, 4) is 0 Å². The molecule has 0 saturated carbocycles. The van der Waals surface area contributed by atoms with Gasteiger partial charge in [-0.1, -0.05) is 18.2 Å². The van der Waals surface area contributed by atoms with Crippen LogP contribution in [-0.2, 0) is 23.3 Å². The van der Waals surface area contributed by atoms with Gasteiger partial charge in [-0.3, -0.25) is 9.59 Å². The quantitative estimate of drug-likeness (QED) is 0.644. The van der Waals surface area contributed by atoms with Gasteiger partial charge >= 0.3 is 0 Å². The molecule has 8 heteroatoms. The fraction of sp³-hybridized carbons (Fsp3) is 0.250. The molecule has 0 aliphatic carbocycles. The number of rotatable bonds is 4. The van der Waals surface area contributed by atoms with Crippen LogP contribution in [0.3, 0.4) is 0 Å². The Bertz CT molecular complexity index is 1040. The Morgan fingerprint density at radius 1 is 1.25 bits per heavy atom. The maximum absolute atomic E-state index is 12.9. The number of aromatic nitrogens is 2.